The number of nitrogens with two attached hydrogens (primary N) is 1. The summed E-state index contributed by atoms with van der Waals surface area (Å²) in [6.07, 6.45) is -0.289. The van der Waals surface area contributed by atoms with Crippen LogP contribution in [0.15, 0.2) is 179 Å². The number of hydrogen-bond donors (Lipinski definition) is 2. The van der Waals surface area contributed by atoms with E-state index in [0.717, 1.165) is 60.9 Å². The quantitative estimate of drug-likeness (QED) is 0.128. The smallest absolute Gasteiger partial charge is 0.143 e. The fraction of sp³-hybridized carbons (Fsp3) is 0.0444. The first-order valence-corrected chi connectivity index (χ1v) is 16.9. The van der Waals surface area contributed by atoms with Crippen LogP contribution >= 0.6 is 0 Å². The number of hydrogen-bond acceptors (Lipinski definition) is 3. The van der Waals surface area contributed by atoms with Gasteiger partial charge in [0.25, 0.3) is 0 Å². The highest BCUT2D eigenvalue weighted by molar-refractivity contribution is 6.13. The zero-order chi connectivity index (χ0) is 33.4. The Morgan fingerprint density at radius 2 is 1.30 bits per heavy atom. The average Bonchev–Trinajstić information content (AvgIpc) is 3.73. The molecule has 0 radical (unpaired) electrons. The molecule has 1 atom stereocenters. The van der Waals surface area contributed by atoms with Crippen LogP contribution in [0.2, 0.25) is 0 Å². The number of aliphatic imine (C=N–C) groups is 1. The van der Waals surface area contributed by atoms with Gasteiger partial charge in [0.15, 0.2) is 0 Å². The van der Waals surface area contributed by atoms with Gasteiger partial charge in [0.05, 0.1) is 11.0 Å². The molecule has 50 heavy (non-hydrogen) atoms. The standard InChI is InChI=1S/C45H34N4O/c46-44(48-45(32-14-5-2-6-15-32)47-29-30-12-3-1-4-13-30)31-22-25-34(26-23-31)49-40-20-9-7-16-36(40)37-27-24-33(28-41(37)49)35-18-11-19-39-38-17-8-10-21-42(38)50-43(35)39/h1-28,45,47H,29H2,(H2,46,48). The highest BCUT2D eigenvalue weighted by atomic mass is 16.3. The number of fused-ring (bicyclic) bond motifs is 6. The molecule has 0 amide bonds. The third-order valence-corrected chi connectivity index (χ3v) is 9.54. The molecule has 5 heteroatoms. The Hall–Kier alpha value is -6.43. The zero-order valence-corrected chi connectivity index (χ0v) is 27.3. The first-order chi connectivity index (χ1) is 24.7. The number of rotatable bonds is 8. The Labute approximate surface area is 289 Å². The summed E-state index contributed by atoms with van der Waals surface area (Å²) < 4.78 is 8.75. The third-order valence-electron chi connectivity index (χ3n) is 9.54. The fourth-order valence-corrected chi connectivity index (χ4v) is 7.07. The fourth-order valence-electron chi connectivity index (χ4n) is 7.07. The second-order valence-corrected chi connectivity index (χ2v) is 12.6. The number of amidine groups is 1. The van der Waals surface area contributed by atoms with Crippen LogP contribution in [0, 0.1) is 0 Å². The summed E-state index contributed by atoms with van der Waals surface area (Å²) in [5.41, 5.74) is 17.1. The molecule has 2 heterocycles. The van der Waals surface area contributed by atoms with Crippen LogP contribution in [0.5, 0.6) is 0 Å². The number of aromatic nitrogens is 1. The highest BCUT2D eigenvalue weighted by Gasteiger charge is 2.17. The maximum Gasteiger partial charge on any atom is 0.143 e. The van der Waals surface area contributed by atoms with E-state index in [1.54, 1.807) is 0 Å². The second kappa shape index (κ2) is 12.5. The minimum absolute atomic E-state index is 0.289. The van der Waals surface area contributed by atoms with Gasteiger partial charge in [-0.3, -0.25) is 5.32 Å². The molecule has 3 N–H and O–H groups in total. The van der Waals surface area contributed by atoms with Crippen LogP contribution in [-0.4, -0.2) is 10.4 Å². The molecule has 0 aliphatic carbocycles. The lowest BCUT2D eigenvalue weighted by atomic mass is 10.0. The highest BCUT2D eigenvalue weighted by Crippen LogP contribution is 2.39. The molecular formula is C45H34N4O. The SMILES string of the molecule is N/C(=N\C(NCc1ccccc1)c1ccccc1)c1ccc(-n2c3ccccc3c3ccc(-c4cccc5c4oc4ccccc45)cc32)cc1. The third kappa shape index (κ3) is 5.30. The Kier molecular flexibility index (Phi) is 7.45. The van der Waals surface area contributed by atoms with Gasteiger partial charge in [-0.1, -0.05) is 127 Å². The van der Waals surface area contributed by atoms with Crippen LogP contribution in [-0.2, 0) is 6.54 Å². The number of para-hydroxylation sites is 3. The molecule has 0 spiro atoms. The van der Waals surface area contributed by atoms with E-state index in [9.17, 15) is 0 Å². The van der Waals surface area contributed by atoms with E-state index in [-0.39, 0.29) is 6.17 Å². The molecule has 2 aromatic heterocycles. The van der Waals surface area contributed by atoms with Gasteiger partial charge in [-0.2, -0.15) is 0 Å². The van der Waals surface area contributed by atoms with Crippen molar-refractivity contribution >= 4 is 49.6 Å². The Balaban J connectivity index is 1.10. The topological polar surface area (TPSA) is 68.5 Å². The van der Waals surface area contributed by atoms with E-state index in [2.05, 4.69) is 131 Å². The molecule has 0 aliphatic rings. The van der Waals surface area contributed by atoms with Gasteiger partial charge in [0.1, 0.15) is 23.2 Å². The summed E-state index contributed by atoms with van der Waals surface area (Å²) >= 11 is 0. The van der Waals surface area contributed by atoms with Crippen molar-refractivity contribution in [3.05, 3.63) is 187 Å². The van der Waals surface area contributed by atoms with E-state index < -0.39 is 0 Å². The molecule has 0 saturated carbocycles. The lowest BCUT2D eigenvalue weighted by Crippen LogP contribution is -2.23. The Morgan fingerprint density at radius 1 is 0.620 bits per heavy atom. The summed E-state index contributed by atoms with van der Waals surface area (Å²) in [5, 5.41) is 8.24. The first-order valence-electron chi connectivity index (χ1n) is 16.9. The molecular weight excluding hydrogens is 613 g/mol. The molecule has 7 aromatic carbocycles. The molecule has 0 saturated heterocycles. The zero-order valence-electron chi connectivity index (χ0n) is 27.3. The van der Waals surface area contributed by atoms with Crippen LogP contribution in [0.25, 0.3) is 60.6 Å². The maximum absolute atomic E-state index is 6.70. The average molecular weight is 647 g/mol. The van der Waals surface area contributed by atoms with Crippen LogP contribution in [0.4, 0.5) is 0 Å². The van der Waals surface area contributed by atoms with Crippen molar-refractivity contribution in [3.8, 4) is 16.8 Å². The van der Waals surface area contributed by atoms with Gasteiger partial charge < -0.3 is 14.7 Å². The maximum atomic E-state index is 6.70. The molecule has 5 nitrogen and oxygen atoms in total. The lowest BCUT2D eigenvalue weighted by Gasteiger charge is -2.17. The van der Waals surface area contributed by atoms with Gasteiger partial charge in [-0.05, 0) is 59.2 Å². The van der Waals surface area contributed by atoms with Crippen LogP contribution in [0.3, 0.4) is 0 Å². The number of benzene rings is 7. The summed E-state index contributed by atoms with van der Waals surface area (Å²) in [4.78, 5) is 4.98. The van der Waals surface area contributed by atoms with Gasteiger partial charge in [0.2, 0.25) is 0 Å². The van der Waals surface area contributed by atoms with Crippen molar-refractivity contribution in [1.29, 1.82) is 0 Å². The van der Waals surface area contributed by atoms with Gasteiger partial charge in [0, 0.05) is 44.9 Å². The number of nitrogens with one attached hydrogen (secondary N) is 1. The van der Waals surface area contributed by atoms with Crippen molar-refractivity contribution < 1.29 is 4.42 Å². The summed E-state index contributed by atoms with van der Waals surface area (Å²) in [6.45, 7) is 0.677. The molecule has 0 fully saturated rings. The van der Waals surface area contributed by atoms with Gasteiger partial charge in [-0.15, -0.1) is 0 Å². The van der Waals surface area contributed by atoms with E-state index in [1.165, 1.54) is 16.3 Å². The van der Waals surface area contributed by atoms with Gasteiger partial charge >= 0.3 is 0 Å². The minimum atomic E-state index is -0.289. The summed E-state index contributed by atoms with van der Waals surface area (Å²) in [6, 6.07) is 58.9. The predicted octanol–water partition coefficient (Wildman–Crippen LogP) is 10.5. The second-order valence-electron chi connectivity index (χ2n) is 12.6. The Bertz CT molecular complexity index is 2650. The summed E-state index contributed by atoms with van der Waals surface area (Å²) in [7, 11) is 0. The van der Waals surface area contributed by atoms with E-state index in [4.69, 9.17) is 15.1 Å². The molecule has 0 bridgehead atoms. The Morgan fingerprint density at radius 3 is 2.12 bits per heavy atom. The van der Waals surface area contributed by atoms with E-state index >= 15 is 0 Å². The first kappa shape index (κ1) is 29.7. The van der Waals surface area contributed by atoms with Crippen molar-refractivity contribution in [2.75, 3.05) is 0 Å². The van der Waals surface area contributed by atoms with Crippen LogP contribution < -0.4 is 11.1 Å². The van der Waals surface area contributed by atoms with Crippen molar-refractivity contribution in [3.63, 3.8) is 0 Å². The van der Waals surface area contributed by atoms with E-state index in [1.807, 2.05) is 48.5 Å². The number of nitrogens with zero attached hydrogens (tertiary/aromatic N) is 2. The predicted molar refractivity (Wildman–Crippen MR) is 207 cm³/mol. The minimum Gasteiger partial charge on any atom is -0.455 e. The molecule has 0 aliphatic heterocycles. The normalized spacial score (nSPS) is 12.7. The molecule has 1 unspecified atom stereocenters. The van der Waals surface area contributed by atoms with Crippen molar-refractivity contribution in [2.45, 2.75) is 12.7 Å². The number of furan rings is 1. The lowest BCUT2D eigenvalue weighted by molar-refractivity contribution is 0.554. The molecule has 9 rings (SSSR count). The van der Waals surface area contributed by atoms with Crippen molar-refractivity contribution in [2.24, 2.45) is 10.7 Å². The monoisotopic (exact) mass is 646 g/mol. The largest absolute Gasteiger partial charge is 0.455 e. The van der Waals surface area contributed by atoms with E-state index in [0.29, 0.717) is 12.4 Å². The van der Waals surface area contributed by atoms with Crippen molar-refractivity contribution in [1.82, 2.24) is 9.88 Å². The summed E-state index contributed by atoms with van der Waals surface area (Å²) in [5.74, 6) is 0.481. The molecule has 9 aromatic rings. The van der Waals surface area contributed by atoms with Gasteiger partial charge in [-0.25, -0.2) is 4.99 Å². The molecule has 240 valence electrons. The van der Waals surface area contributed by atoms with Crippen LogP contribution in [0.1, 0.15) is 22.9 Å².